The molecule has 0 atom stereocenters. The molecule has 2 aromatic heterocycles. The number of nitrogens with zero attached hydrogens (tertiary/aromatic N) is 2. The summed E-state index contributed by atoms with van der Waals surface area (Å²) in [5.74, 6) is 2.48. The minimum Gasteiger partial charge on any atom is -0.236 e. The zero-order valence-electron chi connectivity index (χ0n) is 9.08. The summed E-state index contributed by atoms with van der Waals surface area (Å²) < 4.78 is 1.04. The van der Waals surface area contributed by atoms with Crippen LogP contribution in [0.25, 0.3) is 10.3 Å². The molecule has 0 unspecified atom stereocenters. The largest absolute Gasteiger partial charge is 0.236 e. The first kappa shape index (κ1) is 11.3. The number of rotatable bonds is 0. The Morgan fingerprint density at radius 3 is 2.18 bits per heavy atom. The van der Waals surface area contributed by atoms with Crippen LogP contribution in [0.5, 0.6) is 0 Å². The van der Waals surface area contributed by atoms with E-state index in [1.54, 1.807) is 6.20 Å². The monoisotopic (exact) mass is 238 g/mol. The lowest BCUT2D eigenvalue weighted by molar-refractivity contribution is 1.31. The van der Waals surface area contributed by atoms with Gasteiger partial charge in [0.1, 0.15) is 0 Å². The molecule has 1 aromatic carbocycles. The predicted molar refractivity (Wildman–Crippen MR) is 71.8 cm³/mol. The van der Waals surface area contributed by atoms with Gasteiger partial charge in [-0.3, -0.25) is 0 Å². The molecule has 0 amide bonds. The van der Waals surface area contributed by atoms with Crippen molar-refractivity contribution in [1.82, 2.24) is 9.97 Å². The fourth-order valence-electron chi connectivity index (χ4n) is 1.22. The first-order valence-corrected chi connectivity index (χ1v) is 5.90. The average Bonchev–Trinajstić information content (AvgIpc) is 2.84. The maximum atomic E-state index is 5.18. The first-order valence-electron chi connectivity index (χ1n) is 5.08. The van der Waals surface area contributed by atoms with Gasteiger partial charge >= 0.3 is 0 Å². The SMILES string of the molecule is C#Cc1nc2ncccc2s1.c1ccccc1. The van der Waals surface area contributed by atoms with Gasteiger partial charge in [0.05, 0.1) is 4.70 Å². The zero-order chi connectivity index (χ0) is 11.9. The summed E-state index contributed by atoms with van der Waals surface area (Å²) in [5, 5.41) is 0.693. The van der Waals surface area contributed by atoms with E-state index in [1.165, 1.54) is 11.3 Å². The highest BCUT2D eigenvalue weighted by Gasteiger charge is 1.99. The van der Waals surface area contributed by atoms with Crippen molar-refractivity contribution in [2.45, 2.75) is 0 Å². The number of aromatic nitrogens is 2. The van der Waals surface area contributed by atoms with Gasteiger partial charge in [-0.15, -0.1) is 17.8 Å². The van der Waals surface area contributed by atoms with Gasteiger partial charge in [0.2, 0.25) is 0 Å². The molecule has 0 aliphatic carbocycles. The van der Waals surface area contributed by atoms with Gasteiger partial charge in [0.25, 0.3) is 0 Å². The highest BCUT2D eigenvalue weighted by molar-refractivity contribution is 7.19. The number of fused-ring (bicyclic) bond motifs is 1. The minimum atomic E-state index is 0.693. The van der Waals surface area contributed by atoms with Gasteiger partial charge in [-0.05, 0) is 18.1 Å². The Morgan fingerprint density at radius 1 is 1.00 bits per heavy atom. The molecule has 3 aromatic rings. The number of benzene rings is 1. The van der Waals surface area contributed by atoms with Crippen LogP contribution in [0.4, 0.5) is 0 Å². The fraction of sp³-hybridized carbons (Fsp3) is 0. The van der Waals surface area contributed by atoms with Crippen molar-refractivity contribution in [3.8, 4) is 12.3 Å². The van der Waals surface area contributed by atoms with E-state index in [2.05, 4.69) is 15.9 Å². The molecule has 0 fully saturated rings. The van der Waals surface area contributed by atoms with Crippen molar-refractivity contribution in [3.05, 3.63) is 59.7 Å². The molecule has 3 heteroatoms. The molecule has 2 nitrogen and oxygen atoms in total. The third kappa shape index (κ3) is 3.13. The van der Waals surface area contributed by atoms with Crippen molar-refractivity contribution in [2.75, 3.05) is 0 Å². The van der Waals surface area contributed by atoms with E-state index in [1.807, 2.05) is 48.5 Å². The van der Waals surface area contributed by atoms with Crippen LogP contribution >= 0.6 is 11.3 Å². The Balaban J connectivity index is 0.000000153. The van der Waals surface area contributed by atoms with Crippen molar-refractivity contribution >= 4 is 21.7 Å². The highest BCUT2D eigenvalue weighted by Crippen LogP contribution is 2.18. The van der Waals surface area contributed by atoms with Gasteiger partial charge in [0.15, 0.2) is 10.7 Å². The summed E-state index contributed by atoms with van der Waals surface area (Å²) in [6.07, 6.45) is 6.89. The zero-order valence-corrected chi connectivity index (χ0v) is 9.89. The summed E-state index contributed by atoms with van der Waals surface area (Å²) in [6.45, 7) is 0. The van der Waals surface area contributed by atoms with E-state index in [4.69, 9.17) is 6.42 Å². The molecule has 0 aliphatic heterocycles. The van der Waals surface area contributed by atoms with Gasteiger partial charge in [0, 0.05) is 6.20 Å². The Labute approximate surface area is 104 Å². The summed E-state index contributed by atoms with van der Waals surface area (Å²) in [7, 11) is 0. The minimum absolute atomic E-state index is 0.693. The molecule has 2 heterocycles. The second-order valence-electron chi connectivity index (χ2n) is 3.14. The first-order chi connectivity index (χ1) is 8.40. The molecule has 0 N–H and O–H groups in total. The van der Waals surface area contributed by atoms with Crippen LogP contribution in [-0.2, 0) is 0 Å². The van der Waals surface area contributed by atoms with E-state index >= 15 is 0 Å². The van der Waals surface area contributed by atoms with Crippen molar-refractivity contribution < 1.29 is 0 Å². The van der Waals surface area contributed by atoms with Gasteiger partial charge in [-0.2, -0.15) is 0 Å². The third-order valence-corrected chi connectivity index (χ3v) is 2.90. The van der Waals surface area contributed by atoms with Crippen molar-refractivity contribution in [1.29, 1.82) is 0 Å². The molecular weight excluding hydrogens is 228 g/mol. The van der Waals surface area contributed by atoms with Crippen LogP contribution in [0.15, 0.2) is 54.7 Å². The second-order valence-corrected chi connectivity index (χ2v) is 4.17. The average molecular weight is 238 g/mol. The maximum Gasteiger partial charge on any atom is 0.171 e. The smallest absolute Gasteiger partial charge is 0.171 e. The Kier molecular flexibility index (Phi) is 3.85. The predicted octanol–water partition coefficient (Wildman–Crippen LogP) is 3.36. The molecule has 3 rings (SSSR count). The van der Waals surface area contributed by atoms with E-state index < -0.39 is 0 Å². The van der Waals surface area contributed by atoms with Crippen LogP contribution < -0.4 is 0 Å². The molecular formula is C14H10N2S. The van der Waals surface area contributed by atoms with Gasteiger partial charge in [-0.1, -0.05) is 36.4 Å². The van der Waals surface area contributed by atoms with Crippen LogP contribution in [0.3, 0.4) is 0 Å². The standard InChI is InChI=1S/C8H4N2S.C6H6/c1-2-7-10-8-6(11-7)4-3-5-9-8;1-2-4-6-5-3-1/h1,3-5H;1-6H. The molecule has 0 saturated heterocycles. The number of terminal acetylenes is 1. The van der Waals surface area contributed by atoms with Crippen molar-refractivity contribution in [3.63, 3.8) is 0 Å². The highest BCUT2D eigenvalue weighted by atomic mass is 32.1. The quantitative estimate of drug-likeness (QED) is 0.561. The molecule has 0 radical (unpaired) electrons. The van der Waals surface area contributed by atoms with Gasteiger partial charge < -0.3 is 0 Å². The van der Waals surface area contributed by atoms with E-state index in [0.29, 0.717) is 5.01 Å². The van der Waals surface area contributed by atoms with E-state index in [9.17, 15) is 0 Å². The number of thiazole rings is 1. The Morgan fingerprint density at radius 2 is 1.65 bits per heavy atom. The summed E-state index contributed by atoms with van der Waals surface area (Å²) in [6, 6.07) is 15.8. The Hall–Kier alpha value is -2.18. The number of pyridine rings is 1. The lowest BCUT2D eigenvalue weighted by Crippen LogP contribution is -1.73. The lowest BCUT2D eigenvalue weighted by Gasteiger charge is -1.79. The van der Waals surface area contributed by atoms with E-state index in [-0.39, 0.29) is 0 Å². The van der Waals surface area contributed by atoms with Crippen LogP contribution in [0.2, 0.25) is 0 Å². The lowest BCUT2D eigenvalue weighted by atomic mass is 10.4. The molecule has 0 saturated carbocycles. The second kappa shape index (κ2) is 5.78. The topological polar surface area (TPSA) is 25.8 Å². The molecule has 0 bridgehead atoms. The summed E-state index contributed by atoms with van der Waals surface area (Å²) in [5.41, 5.74) is 0.741. The fourth-order valence-corrected chi connectivity index (χ4v) is 1.95. The number of hydrogen-bond donors (Lipinski definition) is 0. The summed E-state index contributed by atoms with van der Waals surface area (Å²) >= 11 is 1.49. The number of hydrogen-bond acceptors (Lipinski definition) is 3. The molecule has 0 spiro atoms. The molecule has 0 aliphatic rings. The van der Waals surface area contributed by atoms with Crippen molar-refractivity contribution in [2.24, 2.45) is 0 Å². The molecule has 17 heavy (non-hydrogen) atoms. The maximum absolute atomic E-state index is 5.18. The Bertz CT molecular complexity index is 564. The van der Waals surface area contributed by atoms with Crippen LogP contribution in [-0.4, -0.2) is 9.97 Å². The van der Waals surface area contributed by atoms with Gasteiger partial charge in [-0.25, -0.2) is 9.97 Å². The third-order valence-electron chi connectivity index (χ3n) is 1.96. The van der Waals surface area contributed by atoms with E-state index in [0.717, 1.165) is 10.3 Å². The normalized spacial score (nSPS) is 9.12. The molecule has 82 valence electrons. The van der Waals surface area contributed by atoms with Crippen LogP contribution in [0.1, 0.15) is 5.01 Å². The van der Waals surface area contributed by atoms with Crippen LogP contribution in [0, 0.1) is 12.3 Å². The summed E-state index contributed by atoms with van der Waals surface area (Å²) in [4.78, 5) is 8.16.